The van der Waals surface area contributed by atoms with Crippen LogP contribution < -0.4 is 5.32 Å². The number of carbonyl (C=O) groups is 1. The van der Waals surface area contributed by atoms with Crippen molar-refractivity contribution >= 4 is 39.7 Å². The Morgan fingerprint density at radius 2 is 1.41 bits per heavy atom. The number of anilines is 1. The van der Waals surface area contributed by atoms with Crippen molar-refractivity contribution in [2.24, 2.45) is 0 Å². The number of hydrogen-bond acceptors (Lipinski definition) is 2. The third kappa shape index (κ3) is 3.78. The lowest BCUT2D eigenvalue weighted by Gasteiger charge is -2.36. The van der Waals surface area contributed by atoms with Crippen molar-refractivity contribution in [1.29, 1.82) is 0 Å². The smallest absolute Gasteiger partial charge is 0.253 e. The lowest BCUT2D eigenvalue weighted by molar-refractivity contribution is 0.0693. The van der Waals surface area contributed by atoms with Gasteiger partial charge in [-0.1, -0.05) is 54.6 Å². The highest BCUT2D eigenvalue weighted by Gasteiger charge is 2.23. The van der Waals surface area contributed by atoms with Crippen LogP contribution in [0.4, 0.5) is 5.69 Å². The van der Waals surface area contributed by atoms with Gasteiger partial charge in [0.1, 0.15) is 0 Å². The van der Waals surface area contributed by atoms with Gasteiger partial charge in [0.2, 0.25) is 0 Å². The minimum Gasteiger partial charge on any atom is -0.345 e. The van der Waals surface area contributed by atoms with E-state index in [1.165, 1.54) is 5.39 Å². The van der Waals surface area contributed by atoms with Crippen LogP contribution in [0.1, 0.15) is 10.4 Å². The average molecular weight is 375 g/mol. The maximum absolute atomic E-state index is 12.6. The molecule has 0 saturated carbocycles. The molecule has 136 valence electrons. The number of piperazine rings is 1. The Kier molecular flexibility index (Phi) is 5.03. The molecule has 4 rings (SSSR count). The Bertz CT molecular complexity index is 960. The average Bonchev–Trinajstić information content (AvgIpc) is 2.74. The van der Waals surface area contributed by atoms with E-state index >= 15 is 0 Å². The molecule has 1 fully saturated rings. The lowest BCUT2D eigenvalue weighted by Crippen LogP contribution is -2.51. The minimum absolute atomic E-state index is 0.0863. The number of hydrogen-bond donors (Lipinski definition) is 1. The molecule has 5 heteroatoms. The molecule has 27 heavy (non-hydrogen) atoms. The molecule has 1 saturated heterocycles. The monoisotopic (exact) mass is 375 g/mol. The predicted octanol–water partition coefficient (Wildman–Crippen LogP) is 3.99. The molecule has 3 aromatic carbocycles. The van der Waals surface area contributed by atoms with Crippen LogP contribution in [0.25, 0.3) is 10.8 Å². The van der Waals surface area contributed by atoms with Gasteiger partial charge in [0.05, 0.1) is 0 Å². The van der Waals surface area contributed by atoms with Crippen LogP contribution in [0.2, 0.25) is 0 Å². The molecule has 4 nitrogen and oxygen atoms in total. The standard InChI is InChI=1S/C22H21N3OS/c26-21(18-8-2-1-3-9-18)24-13-15-25(16-14-24)22(27)23-20-12-6-10-17-7-4-5-11-19(17)20/h1-12H,13-16H2,(H,23,27). The molecule has 0 unspecified atom stereocenters. The van der Waals surface area contributed by atoms with Crippen molar-refractivity contribution in [2.75, 3.05) is 31.5 Å². The van der Waals surface area contributed by atoms with Crippen LogP contribution in [-0.2, 0) is 0 Å². The number of thiocarbonyl (C=S) groups is 1. The summed E-state index contributed by atoms with van der Waals surface area (Å²) in [4.78, 5) is 16.6. The maximum atomic E-state index is 12.6. The van der Waals surface area contributed by atoms with E-state index in [1.54, 1.807) is 0 Å². The molecule has 3 aromatic rings. The summed E-state index contributed by atoms with van der Waals surface area (Å²) in [6, 6.07) is 23.9. The van der Waals surface area contributed by atoms with Gasteiger partial charge in [-0.2, -0.15) is 0 Å². The van der Waals surface area contributed by atoms with Crippen LogP contribution in [0.15, 0.2) is 72.8 Å². The third-order valence-corrected chi connectivity index (χ3v) is 5.27. The first kappa shape index (κ1) is 17.5. The van der Waals surface area contributed by atoms with Crippen LogP contribution in [0, 0.1) is 0 Å². The van der Waals surface area contributed by atoms with Crippen LogP contribution >= 0.6 is 12.2 Å². The quantitative estimate of drug-likeness (QED) is 0.687. The summed E-state index contributed by atoms with van der Waals surface area (Å²) in [5.41, 5.74) is 1.75. The van der Waals surface area contributed by atoms with Crippen molar-refractivity contribution in [3.8, 4) is 0 Å². The molecule has 0 spiro atoms. The van der Waals surface area contributed by atoms with E-state index < -0.39 is 0 Å². The van der Waals surface area contributed by atoms with E-state index in [9.17, 15) is 4.79 Å². The first-order valence-corrected chi connectivity index (χ1v) is 9.51. The number of nitrogens with one attached hydrogen (secondary N) is 1. The SMILES string of the molecule is O=C(c1ccccc1)N1CCN(C(=S)Nc2cccc3ccccc23)CC1. The molecule has 1 heterocycles. The molecule has 1 aliphatic heterocycles. The van der Waals surface area contributed by atoms with Gasteiger partial charge in [0.15, 0.2) is 5.11 Å². The molecule has 0 aromatic heterocycles. The van der Waals surface area contributed by atoms with Gasteiger partial charge in [0, 0.05) is 42.8 Å². The topological polar surface area (TPSA) is 35.6 Å². The van der Waals surface area contributed by atoms with Gasteiger partial charge in [0.25, 0.3) is 5.91 Å². The molecule has 1 aliphatic rings. The molecule has 0 radical (unpaired) electrons. The molecule has 0 bridgehead atoms. The fraction of sp³-hybridized carbons (Fsp3) is 0.182. The number of fused-ring (bicyclic) bond motifs is 1. The summed E-state index contributed by atoms with van der Waals surface area (Å²) < 4.78 is 0. The molecule has 1 amide bonds. The van der Waals surface area contributed by atoms with E-state index in [0.29, 0.717) is 18.2 Å². The largest absolute Gasteiger partial charge is 0.345 e. The second-order valence-electron chi connectivity index (χ2n) is 6.60. The Morgan fingerprint density at radius 1 is 0.778 bits per heavy atom. The van der Waals surface area contributed by atoms with Crippen LogP contribution in [-0.4, -0.2) is 47.0 Å². The number of nitrogens with zero attached hydrogens (tertiary/aromatic N) is 2. The highest BCUT2D eigenvalue weighted by molar-refractivity contribution is 7.80. The zero-order chi connectivity index (χ0) is 18.6. The fourth-order valence-corrected chi connectivity index (χ4v) is 3.70. The van der Waals surface area contributed by atoms with Gasteiger partial charge in [-0.25, -0.2) is 0 Å². The van der Waals surface area contributed by atoms with Crippen molar-refractivity contribution < 1.29 is 4.79 Å². The fourth-order valence-electron chi connectivity index (χ4n) is 3.40. The number of benzene rings is 3. The zero-order valence-corrected chi connectivity index (χ0v) is 15.8. The summed E-state index contributed by atoms with van der Waals surface area (Å²) in [5.74, 6) is 0.0863. The van der Waals surface area contributed by atoms with Crippen molar-refractivity contribution in [1.82, 2.24) is 9.80 Å². The normalized spacial score (nSPS) is 14.2. The number of amides is 1. The summed E-state index contributed by atoms with van der Waals surface area (Å²) in [7, 11) is 0. The first-order chi connectivity index (χ1) is 13.2. The second-order valence-corrected chi connectivity index (χ2v) is 6.99. The molecule has 1 N–H and O–H groups in total. The zero-order valence-electron chi connectivity index (χ0n) is 15.0. The summed E-state index contributed by atoms with van der Waals surface area (Å²) in [5, 5.41) is 6.43. The van der Waals surface area contributed by atoms with E-state index in [1.807, 2.05) is 59.5 Å². The number of carbonyl (C=O) groups excluding carboxylic acids is 1. The van der Waals surface area contributed by atoms with E-state index in [-0.39, 0.29) is 5.91 Å². The Morgan fingerprint density at radius 3 is 2.19 bits per heavy atom. The van der Waals surface area contributed by atoms with Crippen LogP contribution in [0.5, 0.6) is 0 Å². The minimum atomic E-state index is 0.0863. The van der Waals surface area contributed by atoms with Gasteiger partial charge in [-0.05, 0) is 35.8 Å². The highest BCUT2D eigenvalue weighted by Crippen LogP contribution is 2.23. The number of rotatable bonds is 2. The lowest BCUT2D eigenvalue weighted by atomic mass is 10.1. The summed E-state index contributed by atoms with van der Waals surface area (Å²) in [6.07, 6.45) is 0. The van der Waals surface area contributed by atoms with Gasteiger partial charge in [-0.3, -0.25) is 4.79 Å². The summed E-state index contributed by atoms with van der Waals surface area (Å²) >= 11 is 5.63. The van der Waals surface area contributed by atoms with Gasteiger partial charge in [-0.15, -0.1) is 0 Å². The van der Waals surface area contributed by atoms with Gasteiger partial charge < -0.3 is 15.1 Å². The predicted molar refractivity (Wildman–Crippen MR) is 114 cm³/mol. The van der Waals surface area contributed by atoms with Crippen molar-refractivity contribution in [2.45, 2.75) is 0 Å². The molecule has 0 aliphatic carbocycles. The maximum Gasteiger partial charge on any atom is 0.253 e. The van der Waals surface area contributed by atoms with E-state index in [0.717, 1.165) is 29.7 Å². The summed E-state index contributed by atoms with van der Waals surface area (Å²) in [6.45, 7) is 2.81. The van der Waals surface area contributed by atoms with E-state index in [4.69, 9.17) is 12.2 Å². The first-order valence-electron chi connectivity index (χ1n) is 9.10. The Balaban J connectivity index is 1.39. The van der Waals surface area contributed by atoms with Crippen molar-refractivity contribution in [3.63, 3.8) is 0 Å². The third-order valence-electron chi connectivity index (χ3n) is 4.91. The van der Waals surface area contributed by atoms with Crippen LogP contribution in [0.3, 0.4) is 0 Å². The van der Waals surface area contributed by atoms with Crippen molar-refractivity contribution in [3.05, 3.63) is 78.4 Å². The molecular weight excluding hydrogens is 354 g/mol. The van der Waals surface area contributed by atoms with Gasteiger partial charge >= 0.3 is 0 Å². The van der Waals surface area contributed by atoms with E-state index in [2.05, 4.69) is 28.4 Å². The Hall–Kier alpha value is -2.92. The Labute approximate surface area is 164 Å². The molecular formula is C22H21N3OS. The second kappa shape index (κ2) is 7.76. The molecule has 0 atom stereocenters. The highest BCUT2D eigenvalue weighted by atomic mass is 32.1.